The van der Waals surface area contributed by atoms with E-state index in [0.29, 0.717) is 6.61 Å². The standard InChI is InChI=1S/C8H6O/c1-3-5-6-7-8-9-4-2/h1H,4H2,2H3. The molecule has 0 aliphatic heterocycles. The van der Waals surface area contributed by atoms with Gasteiger partial charge in [-0.05, 0) is 18.8 Å². The third-order valence-corrected chi connectivity index (χ3v) is 0.465. The van der Waals surface area contributed by atoms with Gasteiger partial charge in [-0.15, -0.1) is 6.42 Å². The molecular formula is C8H6O. The van der Waals surface area contributed by atoms with E-state index in [1.165, 1.54) is 0 Å². The molecule has 0 rings (SSSR count). The summed E-state index contributed by atoms with van der Waals surface area (Å²) in [5, 5.41) is 0. The molecule has 44 valence electrons. The van der Waals surface area contributed by atoms with Crippen LogP contribution >= 0.6 is 0 Å². The normalized spacial score (nSPS) is 4.89. The lowest BCUT2D eigenvalue weighted by Gasteiger charge is -1.80. The summed E-state index contributed by atoms with van der Waals surface area (Å²) in [6, 6.07) is 0. The maximum atomic E-state index is 4.81. The topological polar surface area (TPSA) is 9.23 Å². The minimum atomic E-state index is 0.574. The molecule has 0 aromatic heterocycles. The van der Waals surface area contributed by atoms with Gasteiger partial charge in [0.2, 0.25) is 0 Å². The van der Waals surface area contributed by atoms with Gasteiger partial charge in [-0.2, -0.15) is 0 Å². The molecule has 0 spiro atoms. The summed E-state index contributed by atoms with van der Waals surface area (Å²) in [7, 11) is 0. The van der Waals surface area contributed by atoms with Gasteiger partial charge < -0.3 is 4.74 Å². The van der Waals surface area contributed by atoms with Gasteiger partial charge in [-0.25, -0.2) is 0 Å². The summed E-state index contributed by atoms with van der Waals surface area (Å²) >= 11 is 0. The highest BCUT2D eigenvalue weighted by Crippen LogP contribution is 1.63. The number of rotatable bonds is 1. The second-order valence-electron chi connectivity index (χ2n) is 1.05. The SMILES string of the molecule is C#CC#CC#COCC. The first kappa shape index (κ1) is 7.48. The van der Waals surface area contributed by atoms with Crippen molar-refractivity contribution >= 4 is 0 Å². The molecule has 0 heterocycles. The molecule has 1 heteroatoms. The van der Waals surface area contributed by atoms with Crippen molar-refractivity contribution in [1.29, 1.82) is 0 Å². The molecule has 0 unspecified atom stereocenters. The lowest BCUT2D eigenvalue weighted by molar-refractivity contribution is 0.299. The fourth-order valence-electron chi connectivity index (χ4n) is 0.201. The van der Waals surface area contributed by atoms with Gasteiger partial charge in [0.05, 0.1) is 6.61 Å². The second-order valence-corrected chi connectivity index (χ2v) is 1.05. The van der Waals surface area contributed by atoms with E-state index < -0.39 is 0 Å². The molecule has 0 saturated heterocycles. The number of terminal acetylenes is 1. The summed E-state index contributed by atoms with van der Waals surface area (Å²) in [4.78, 5) is 0. The Morgan fingerprint density at radius 1 is 1.33 bits per heavy atom. The molecular weight excluding hydrogens is 112 g/mol. The van der Waals surface area contributed by atoms with E-state index in [2.05, 4.69) is 34.5 Å². The van der Waals surface area contributed by atoms with Crippen LogP contribution in [0, 0.1) is 36.2 Å². The molecule has 0 aliphatic carbocycles. The molecule has 0 aromatic rings. The van der Waals surface area contributed by atoms with Gasteiger partial charge in [-0.1, -0.05) is 0 Å². The predicted molar refractivity (Wildman–Crippen MR) is 36.0 cm³/mol. The van der Waals surface area contributed by atoms with Crippen molar-refractivity contribution in [3.63, 3.8) is 0 Å². The van der Waals surface area contributed by atoms with Crippen molar-refractivity contribution in [2.24, 2.45) is 0 Å². The fraction of sp³-hybridized carbons (Fsp3) is 0.250. The monoisotopic (exact) mass is 118 g/mol. The Labute approximate surface area is 55.4 Å². The van der Waals surface area contributed by atoms with Crippen molar-refractivity contribution < 1.29 is 4.74 Å². The van der Waals surface area contributed by atoms with Gasteiger partial charge in [0.25, 0.3) is 0 Å². The maximum Gasteiger partial charge on any atom is 0.124 e. The lowest BCUT2D eigenvalue weighted by atomic mass is 10.6. The Balaban J connectivity index is 3.52. The van der Waals surface area contributed by atoms with Crippen LogP contribution in [-0.2, 0) is 4.74 Å². The van der Waals surface area contributed by atoms with Crippen LogP contribution in [0.4, 0.5) is 0 Å². The minimum Gasteiger partial charge on any atom is -0.446 e. The van der Waals surface area contributed by atoms with Crippen LogP contribution in [-0.4, -0.2) is 6.61 Å². The van der Waals surface area contributed by atoms with E-state index in [-0.39, 0.29) is 0 Å². The Morgan fingerprint density at radius 2 is 2.11 bits per heavy atom. The van der Waals surface area contributed by atoms with Crippen LogP contribution in [0.3, 0.4) is 0 Å². The summed E-state index contributed by atoms with van der Waals surface area (Å²) < 4.78 is 4.65. The average Bonchev–Trinajstić information content (AvgIpc) is 1.89. The minimum absolute atomic E-state index is 0.574. The highest BCUT2D eigenvalue weighted by Gasteiger charge is 1.61. The summed E-state index contributed by atoms with van der Waals surface area (Å²) in [6.07, 6.45) is 7.16. The lowest BCUT2D eigenvalue weighted by Crippen LogP contribution is -1.75. The van der Waals surface area contributed by atoms with Crippen LogP contribution in [0.1, 0.15) is 6.92 Å². The van der Waals surface area contributed by atoms with E-state index in [1.807, 2.05) is 6.92 Å². The van der Waals surface area contributed by atoms with Gasteiger partial charge in [0.1, 0.15) is 6.11 Å². The van der Waals surface area contributed by atoms with Crippen LogP contribution in [0.2, 0.25) is 0 Å². The molecule has 0 fully saturated rings. The van der Waals surface area contributed by atoms with E-state index >= 15 is 0 Å². The van der Waals surface area contributed by atoms with E-state index in [9.17, 15) is 0 Å². The third-order valence-electron chi connectivity index (χ3n) is 0.465. The van der Waals surface area contributed by atoms with Gasteiger partial charge in [0, 0.05) is 11.8 Å². The second kappa shape index (κ2) is 6.48. The zero-order chi connectivity index (χ0) is 6.95. The van der Waals surface area contributed by atoms with E-state index in [1.54, 1.807) is 0 Å². The van der Waals surface area contributed by atoms with Crippen molar-refractivity contribution in [3.8, 4) is 36.2 Å². The van der Waals surface area contributed by atoms with Crippen LogP contribution in [0.15, 0.2) is 0 Å². The average molecular weight is 118 g/mol. The fourth-order valence-corrected chi connectivity index (χ4v) is 0.201. The van der Waals surface area contributed by atoms with Crippen molar-refractivity contribution in [2.45, 2.75) is 6.92 Å². The summed E-state index contributed by atoms with van der Waals surface area (Å²) in [5.41, 5.74) is 0. The number of hydrogen-bond acceptors (Lipinski definition) is 1. The summed E-state index contributed by atoms with van der Waals surface area (Å²) in [5.74, 6) is 9.27. The maximum absolute atomic E-state index is 4.81. The predicted octanol–water partition coefficient (Wildman–Crippen LogP) is 0.620. The smallest absolute Gasteiger partial charge is 0.124 e. The Morgan fingerprint density at radius 3 is 2.67 bits per heavy atom. The van der Waals surface area contributed by atoms with E-state index in [0.717, 1.165) is 0 Å². The highest BCUT2D eigenvalue weighted by atomic mass is 16.5. The van der Waals surface area contributed by atoms with Gasteiger partial charge in [-0.3, -0.25) is 0 Å². The first-order chi connectivity index (χ1) is 4.41. The molecule has 0 amide bonds. The Hall–Kier alpha value is -1.52. The first-order valence-corrected chi connectivity index (χ1v) is 2.49. The molecule has 0 atom stereocenters. The number of ether oxygens (including phenoxy) is 1. The first-order valence-electron chi connectivity index (χ1n) is 2.49. The zero-order valence-corrected chi connectivity index (χ0v) is 5.19. The molecule has 0 bridgehead atoms. The van der Waals surface area contributed by atoms with Crippen molar-refractivity contribution in [2.75, 3.05) is 6.61 Å². The van der Waals surface area contributed by atoms with Gasteiger partial charge in [0.15, 0.2) is 0 Å². The molecule has 0 aromatic carbocycles. The highest BCUT2D eigenvalue weighted by molar-refractivity contribution is 5.32. The molecule has 0 N–H and O–H groups in total. The molecule has 0 radical (unpaired) electrons. The van der Waals surface area contributed by atoms with Crippen LogP contribution < -0.4 is 0 Å². The van der Waals surface area contributed by atoms with E-state index in [4.69, 9.17) is 6.42 Å². The Kier molecular flexibility index (Phi) is 5.39. The molecule has 1 nitrogen and oxygen atoms in total. The summed E-state index contributed by atoms with van der Waals surface area (Å²) in [6.45, 7) is 2.42. The number of hydrogen-bond donors (Lipinski definition) is 0. The molecule has 0 aliphatic rings. The van der Waals surface area contributed by atoms with Crippen molar-refractivity contribution in [1.82, 2.24) is 0 Å². The quantitative estimate of drug-likeness (QED) is 0.459. The zero-order valence-electron chi connectivity index (χ0n) is 5.19. The van der Waals surface area contributed by atoms with Gasteiger partial charge >= 0.3 is 0 Å². The van der Waals surface area contributed by atoms with Crippen molar-refractivity contribution in [3.05, 3.63) is 0 Å². The van der Waals surface area contributed by atoms with Crippen LogP contribution in [0.5, 0.6) is 0 Å². The molecule has 0 saturated carbocycles. The molecule has 9 heavy (non-hydrogen) atoms. The third kappa shape index (κ3) is 6.48. The van der Waals surface area contributed by atoms with Crippen LogP contribution in [0.25, 0.3) is 0 Å². The largest absolute Gasteiger partial charge is 0.446 e. The Bertz CT molecular complexity index is 211.